The molecule has 1 nitrogen and oxygen atoms in total. The molecule has 3 rings (SSSR count). The normalized spacial score (nSPS) is 25.4. The van der Waals surface area contributed by atoms with Crippen molar-refractivity contribution in [2.45, 2.75) is 37.5 Å². The first kappa shape index (κ1) is 10.2. The van der Waals surface area contributed by atoms with Gasteiger partial charge >= 0.3 is 0 Å². The second kappa shape index (κ2) is 3.81. The highest BCUT2D eigenvalue weighted by Crippen LogP contribution is 2.39. The second-order valence-corrected chi connectivity index (χ2v) is 5.41. The van der Waals surface area contributed by atoms with Crippen LogP contribution in [-0.2, 0) is 0 Å². The lowest BCUT2D eigenvalue weighted by Gasteiger charge is -2.03. The van der Waals surface area contributed by atoms with Crippen LogP contribution in [0.1, 0.15) is 36.5 Å². The van der Waals surface area contributed by atoms with Crippen LogP contribution in [0.15, 0.2) is 28.7 Å². The summed E-state index contributed by atoms with van der Waals surface area (Å²) >= 11 is 6.14. The van der Waals surface area contributed by atoms with Gasteiger partial charge in [0.15, 0.2) is 0 Å². The summed E-state index contributed by atoms with van der Waals surface area (Å²) in [6, 6.07) is 8.51. The van der Waals surface area contributed by atoms with Crippen LogP contribution in [0.5, 0.6) is 0 Å². The Morgan fingerprint density at radius 2 is 2.12 bits per heavy atom. The molecule has 0 N–H and O–H groups in total. The maximum Gasteiger partial charge on any atom is 0.134 e. The molecule has 0 radical (unpaired) electrons. The van der Waals surface area contributed by atoms with Gasteiger partial charge in [0.05, 0.1) is 0 Å². The van der Waals surface area contributed by atoms with Gasteiger partial charge in [-0.15, -0.1) is 11.6 Å². The van der Waals surface area contributed by atoms with Crippen LogP contribution < -0.4 is 0 Å². The van der Waals surface area contributed by atoms with Gasteiger partial charge in [0.25, 0.3) is 0 Å². The van der Waals surface area contributed by atoms with Crippen molar-refractivity contribution in [3.8, 4) is 0 Å². The molecule has 16 heavy (non-hydrogen) atoms. The van der Waals surface area contributed by atoms with Crippen molar-refractivity contribution in [1.82, 2.24) is 0 Å². The number of alkyl halides is 1. The van der Waals surface area contributed by atoms with E-state index in [4.69, 9.17) is 16.0 Å². The summed E-state index contributed by atoms with van der Waals surface area (Å²) in [4.78, 5) is 0. The lowest BCUT2D eigenvalue weighted by molar-refractivity contribution is 0.494. The highest BCUT2D eigenvalue weighted by atomic mass is 35.5. The zero-order valence-corrected chi connectivity index (χ0v) is 10.1. The smallest absolute Gasteiger partial charge is 0.134 e. The van der Waals surface area contributed by atoms with Crippen LogP contribution in [0, 0.1) is 6.92 Å². The number of hydrogen-bond acceptors (Lipinski definition) is 1. The molecule has 0 bridgehead atoms. The molecule has 1 aliphatic carbocycles. The van der Waals surface area contributed by atoms with Gasteiger partial charge in [-0.1, -0.05) is 11.6 Å². The molecule has 0 amide bonds. The molecule has 1 saturated carbocycles. The summed E-state index contributed by atoms with van der Waals surface area (Å²) < 4.78 is 5.90. The van der Waals surface area contributed by atoms with Crippen LogP contribution in [-0.4, -0.2) is 5.38 Å². The monoisotopic (exact) mass is 234 g/mol. The molecule has 0 aliphatic heterocycles. The number of halogens is 1. The number of hydrogen-bond donors (Lipinski definition) is 0. The third kappa shape index (κ3) is 1.73. The van der Waals surface area contributed by atoms with Gasteiger partial charge in [-0.3, -0.25) is 0 Å². The molecule has 0 spiro atoms. The maximum atomic E-state index is 6.14. The van der Waals surface area contributed by atoms with Gasteiger partial charge < -0.3 is 4.42 Å². The Balaban J connectivity index is 1.99. The third-order valence-corrected chi connectivity index (χ3v) is 3.86. The van der Waals surface area contributed by atoms with Crippen molar-refractivity contribution in [2.24, 2.45) is 0 Å². The largest absolute Gasteiger partial charge is 0.461 e. The molecular formula is C14H15ClO. The van der Waals surface area contributed by atoms with Gasteiger partial charge in [0.1, 0.15) is 11.3 Å². The van der Waals surface area contributed by atoms with E-state index in [0.29, 0.717) is 11.3 Å². The number of rotatable bonds is 1. The van der Waals surface area contributed by atoms with Gasteiger partial charge in [-0.25, -0.2) is 0 Å². The van der Waals surface area contributed by atoms with Crippen LogP contribution in [0.3, 0.4) is 0 Å². The summed E-state index contributed by atoms with van der Waals surface area (Å²) in [6.45, 7) is 2.11. The molecule has 2 heteroatoms. The Bertz CT molecular complexity index is 514. The lowest BCUT2D eigenvalue weighted by atomic mass is 10.0. The van der Waals surface area contributed by atoms with E-state index in [1.54, 1.807) is 0 Å². The molecule has 2 aromatic rings. The molecule has 1 aromatic heterocycles. The van der Waals surface area contributed by atoms with Crippen molar-refractivity contribution >= 4 is 22.6 Å². The van der Waals surface area contributed by atoms with E-state index in [1.165, 1.54) is 10.9 Å². The lowest BCUT2D eigenvalue weighted by Crippen LogP contribution is -1.91. The zero-order valence-electron chi connectivity index (χ0n) is 9.37. The highest BCUT2D eigenvalue weighted by Gasteiger charge is 2.26. The Kier molecular flexibility index (Phi) is 2.44. The maximum absolute atomic E-state index is 6.14. The summed E-state index contributed by atoms with van der Waals surface area (Å²) in [6.07, 6.45) is 3.33. The fourth-order valence-corrected chi connectivity index (χ4v) is 2.91. The zero-order chi connectivity index (χ0) is 11.1. The van der Waals surface area contributed by atoms with Gasteiger partial charge in [-0.05, 0) is 44.4 Å². The first-order valence-electron chi connectivity index (χ1n) is 5.86. The van der Waals surface area contributed by atoms with E-state index in [0.717, 1.165) is 30.6 Å². The van der Waals surface area contributed by atoms with E-state index < -0.39 is 0 Å². The van der Waals surface area contributed by atoms with Gasteiger partial charge in [0, 0.05) is 16.7 Å². The Morgan fingerprint density at radius 3 is 2.88 bits per heavy atom. The van der Waals surface area contributed by atoms with E-state index in [-0.39, 0.29) is 0 Å². The Hall–Kier alpha value is -0.950. The molecule has 2 atom stereocenters. The van der Waals surface area contributed by atoms with Crippen LogP contribution in [0.4, 0.5) is 0 Å². The molecule has 1 aliphatic rings. The van der Waals surface area contributed by atoms with Crippen LogP contribution in [0.25, 0.3) is 11.0 Å². The van der Waals surface area contributed by atoms with Gasteiger partial charge in [-0.2, -0.15) is 0 Å². The predicted octanol–water partition coefficient (Wildman–Crippen LogP) is 4.62. The minimum absolute atomic E-state index is 0.333. The van der Waals surface area contributed by atoms with Crippen molar-refractivity contribution in [3.05, 3.63) is 35.6 Å². The van der Waals surface area contributed by atoms with Crippen molar-refractivity contribution in [2.75, 3.05) is 0 Å². The van der Waals surface area contributed by atoms with E-state index in [2.05, 4.69) is 31.2 Å². The third-order valence-electron chi connectivity index (χ3n) is 3.46. The average Bonchev–Trinajstić information content (AvgIpc) is 2.83. The minimum Gasteiger partial charge on any atom is -0.461 e. The van der Waals surface area contributed by atoms with Crippen LogP contribution >= 0.6 is 11.6 Å². The standard InChI is InChI=1S/C14H15ClO/c1-9-2-5-13-11(6-9)8-14(16-13)10-3-4-12(15)7-10/h2,5-6,8,10,12H,3-4,7H2,1H3. The topological polar surface area (TPSA) is 13.1 Å². The summed E-state index contributed by atoms with van der Waals surface area (Å²) in [5, 5.41) is 1.55. The SMILES string of the molecule is Cc1ccc2oc(C3CCC(Cl)C3)cc2c1. The van der Waals surface area contributed by atoms with E-state index in [1.807, 2.05) is 0 Å². The minimum atomic E-state index is 0.333. The molecule has 1 fully saturated rings. The fourth-order valence-electron chi connectivity index (χ4n) is 2.57. The van der Waals surface area contributed by atoms with Crippen LogP contribution in [0.2, 0.25) is 0 Å². The van der Waals surface area contributed by atoms with Crippen molar-refractivity contribution in [3.63, 3.8) is 0 Å². The molecule has 84 valence electrons. The number of benzene rings is 1. The Morgan fingerprint density at radius 1 is 1.25 bits per heavy atom. The second-order valence-electron chi connectivity index (χ2n) is 4.80. The summed E-state index contributed by atoms with van der Waals surface area (Å²) in [5.41, 5.74) is 2.28. The number of fused-ring (bicyclic) bond motifs is 1. The first-order valence-corrected chi connectivity index (χ1v) is 6.30. The average molecular weight is 235 g/mol. The molecule has 2 unspecified atom stereocenters. The fraction of sp³-hybridized carbons (Fsp3) is 0.429. The molecule has 1 aromatic carbocycles. The first-order chi connectivity index (χ1) is 7.72. The quantitative estimate of drug-likeness (QED) is 0.657. The summed E-state index contributed by atoms with van der Waals surface area (Å²) in [5.74, 6) is 1.64. The number of aryl methyl sites for hydroxylation is 1. The van der Waals surface area contributed by atoms with Crippen molar-refractivity contribution in [1.29, 1.82) is 0 Å². The molecule has 1 heterocycles. The van der Waals surface area contributed by atoms with Gasteiger partial charge in [0.2, 0.25) is 0 Å². The molecular weight excluding hydrogens is 220 g/mol. The van der Waals surface area contributed by atoms with E-state index in [9.17, 15) is 0 Å². The Labute approximate surface area is 100 Å². The number of furan rings is 1. The van der Waals surface area contributed by atoms with Crippen molar-refractivity contribution < 1.29 is 4.42 Å². The highest BCUT2D eigenvalue weighted by molar-refractivity contribution is 6.20. The van der Waals surface area contributed by atoms with E-state index >= 15 is 0 Å². The summed E-state index contributed by atoms with van der Waals surface area (Å²) in [7, 11) is 0. The molecule has 0 saturated heterocycles. The predicted molar refractivity (Wildman–Crippen MR) is 67.2 cm³/mol.